The summed E-state index contributed by atoms with van der Waals surface area (Å²) in [6.07, 6.45) is 1.80. The molecule has 0 saturated heterocycles. The smallest absolute Gasteiger partial charge is 0.280 e. The number of para-hydroxylation sites is 1. The number of carbonyl (C=O) groups is 1. The first-order valence-electron chi connectivity index (χ1n) is 9.59. The van der Waals surface area contributed by atoms with E-state index in [1.807, 2.05) is 19.9 Å². The number of thiazole rings is 1. The molecule has 2 aromatic heterocycles. The number of hydrogen-bond donors (Lipinski definition) is 0. The highest BCUT2D eigenvalue weighted by Gasteiger charge is 2.24. The molecule has 0 radical (unpaired) electrons. The minimum Gasteiger partial charge on any atom is -0.302 e. The molecule has 0 saturated carbocycles. The molecule has 1 amide bonds. The van der Waals surface area contributed by atoms with Crippen molar-refractivity contribution in [1.29, 1.82) is 0 Å². The highest BCUT2D eigenvalue weighted by molar-refractivity contribution is 7.22. The van der Waals surface area contributed by atoms with Crippen molar-refractivity contribution in [2.75, 3.05) is 31.1 Å². The van der Waals surface area contributed by atoms with E-state index in [0.717, 1.165) is 17.8 Å². The fraction of sp³-hybridized carbons (Fsp3) is 0.450. The predicted molar refractivity (Wildman–Crippen MR) is 112 cm³/mol. The molecule has 150 valence electrons. The number of benzene rings is 1. The van der Waals surface area contributed by atoms with Crippen LogP contribution < -0.4 is 4.90 Å². The molecular formula is C20H26FN5OS. The third kappa shape index (κ3) is 4.23. The van der Waals surface area contributed by atoms with Crippen LogP contribution >= 0.6 is 11.3 Å². The van der Waals surface area contributed by atoms with Crippen molar-refractivity contribution < 1.29 is 9.18 Å². The average molecular weight is 404 g/mol. The van der Waals surface area contributed by atoms with Gasteiger partial charge in [0.1, 0.15) is 11.3 Å². The van der Waals surface area contributed by atoms with E-state index in [2.05, 4.69) is 28.8 Å². The summed E-state index contributed by atoms with van der Waals surface area (Å²) in [7, 11) is 0. The number of likely N-dealkylation sites (N-methyl/N-ethyl adjacent to an activating group) is 1. The van der Waals surface area contributed by atoms with Crippen LogP contribution in [0.4, 0.5) is 9.52 Å². The van der Waals surface area contributed by atoms with Crippen molar-refractivity contribution in [2.24, 2.45) is 0 Å². The lowest BCUT2D eigenvalue weighted by molar-refractivity contribution is 0.0978. The van der Waals surface area contributed by atoms with Crippen molar-refractivity contribution in [2.45, 2.75) is 33.7 Å². The second-order valence-corrected chi connectivity index (χ2v) is 7.85. The molecule has 0 N–H and O–H groups in total. The van der Waals surface area contributed by atoms with Crippen LogP contribution in [0, 0.1) is 5.82 Å². The fourth-order valence-electron chi connectivity index (χ4n) is 2.96. The van der Waals surface area contributed by atoms with E-state index in [1.165, 1.54) is 17.4 Å². The van der Waals surface area contributed by atoms with Gasteiger partial charge in [-0.15, -0.1) is 0 Å². The first-order chi connectivity index (χ1) is 13.4. The van der Waals surface area contributed by atoms with Gasteiger partial charge >= 0.3 is 0 Å². The summed E-state index contributed by atoms with van der Waals surface area (Å²) in [5.41, 5.74) is 0.670. The molecule has 2 heterocycles. The maximum Gasteiger partial charge on any atom is 0.280 e. The van der Waals surface area contributed by atoms with Crippen LogP contribution in [0.1, 0.15) is 44.2 Å². The quantitative estimate of drug-likeness (QED) is 0.566. The van der Waals surface area contributed by atoms with E-state index in [-0.39, 0.29) is 17.8 Å². The molecule has 8 heteroatoms. The van der Waals surface area contributed by atoms with Gasteiger partial charge in [-0.3, -0.25) is 14.4 Å². The fourth-order valence-corrected chi connectivity index (χ4v) is 3.97. The van der Waals surface area contributed by atoms with Crippen molar-refractivity contribution in [3.8, 4) is 0 Å². The van der Waals surface area contributed by atoms with Crippen molar-refractivity contribution in [3.63, 3.8) is 0 Å². The van der Waals surface area contributed by atoms with Gasteiger partial charge in [-0.25, -0.2) is 9.37 Å². The van der Waals surface area contributed by atoms with E-state index < -0.39 is 0 Å². The summed E-state index contributed by atoms with van der Waals surface area (Å²) < 4.78 is 16.6. The number of nitrogens with zero attached hydrogens (tertiary/aromatic N) is 5. The second-order valence-electron chi connectivity index (χ2n) is 6.84. The normalized spacial score (nSPS) is 11.7. The second kappa shape index (κ2) is 8.79. The highest BCUT2D eigenvalue weighted by atomic mass is 32.1. The Hall–Kier alpha value is -2.32. The maximum atomic E-state index is 14.1. The molecule has 0 atom stereocenters. The summed E-state index contributed by atoms with van der Waals surface area (Å²) in [5.74, 6) is -0.591. The molecule has 28 heavy (non-hydrogen) atoms. The standard InChI is InChI=1S/C20H26FN5OS/c1-5-24(6-2)12-13-25(19(27)16-10-11-26(23-16)14(3)4)20-22-18-15(21)8-7-9-17(18)28-20/h7-11,14H,5-6,12-13H2,1-4H3. The van der Waals surface area contributed by atoms with Gasteiger partial charge in [0.25, 0.3) is 5.91 Å². The number of halogens is 1. The minimum atomic E-state index is -0.375. The zero-order valence-electron chi connectivity index (χ0n) is 16.7. The van der Waals surface area contributed by atoms with E-state index in [9.17, 15) is 9.18 Å². The number of hydrogen-bond acceptors (Lipinski definition) is 5. The molecule has 0 aliphatic carbocycles. The van der Waals surface area contributed by atoms with Gasteiger partial charge in [0, 0.05) is 25.3 Å². The van der Waals surface area contributed by atoms with E-state index in [1.54, 1.807) is 27.9 Å². The molecule has 0 unspecified atom stereocenters. The van der Waals surface area contributed by atoms with Gasteiger partial charge in [0.2, 0.25) is 0 Å². The van der Waals surface area contributed by atoms with Crippen LogP contribution in [0.5, 0.6) is 0 Å². The summed E-state index contributed by atoms with van der Waals surface area (Å²) in [5, 5.41) is 4.91. The Morgan fingerprint density at radius 2 is 1.96 bits per heavy atom. The predicted octanol–water partition coefficient (Wildman–Crippen LogP) is 4.20. The molecule has 6 nitrogen and oxygen atoms in total. The number of carbonyl (C=O) groups excluding carboxylic acids is 1. The van der Waals surface area contributed by atoms with Gasteiger partial charge in [-0.05, 0) is 45.1 Å². The molecule has 3 aromatic rings. The van der Waals surface area contributed by atoms with Gasteiger partial charge in [0.15, 0.2) is 10.8 Å². The van der Waals surface area contributed by atoms with Gasteiger partial charge in [-0.1, -0.05) is 31.3 Å². The Labute approximate surface area is 168 Å². The minimum absolute atomic E-state index is 0.169. The van der Waals surface area contributed by atoms with Crippen LogP contribution in [0.3, 0.4) is 0 Å². The molecule has 0 fully saturated rings. The van der Waals surface area contributed by atoms with Crippen molar-refractivity contribution >= 4 is 32.6 Å². The summed E-state index contributed by atoms with van der Waals surface area (Å²) >= 11 is 1.32. The SMILES string of the molecule is CCN(CC)CCN(C(=O)c1ccn(C(C)C)n1)c1nc2c(F)cccc2s1. The average Bonchev–Trinajstić information content (AvgIpc) is 3.33. The monoisotopic (exact) mass is 403 g/mol. The molecule has 0 bridgehead atoms. The number of amides is 1. The van der Waals surface area contributed by atoms with Crippen LogP contribution in [-0.4, -0.2) is 51.8 Å². The van der Waals surface area contributed by atoms with E-state index >= 15 is 0 Å². The van der Waals surface area contributed by atoms with E-state index in [0.29, 0.717) is 29.4 Å². The number of fused-ring (bicyclic) bond motifs is 1. The molecule has 0 aliphatic rings. The summed E-state index contributed by atoms with van der Waals surface area (Å²) in [6, 6.07) is 6.76. The van der Waals surface area contributed by atoms with E-state index in [4.69, 9.17) is 0 Å². The lowest BCUT2D eigenvalue weighted by Crippen LogP contribution is -2.39. The third-order valence-electron chi connectivity index (χ3n) is 4.73. The Morgan fingerprint density at radius 1 is 1.21 bits per heavy atom. The first kappa shape index (κ1) is 20.4. The van der Waals surface area contributed by atoms with Crippen molar-refractivity contribution in [3.05, 3.63) is 42.0 Å². The zero-order valence-corrected chi connectivity index (χ0v) is 17.5. The Morgan fingerprint density at radius 3 is 2.57 bits per heavy atom. The zero-order chi connectivity index (χ0) is 20.3. The van der Waals surface area contributed by atoms with Crippen molar-refractivity contribution in [1.82, 2.24) is 19.7 Å². The highest BCUT2D eigenvalue weighted by Crippen LogP contribution is 2.31. The Balaban J connectivity index is 1.95. The van der Waals surface area contributed by atoms with Gasteiger partial charge in [-0.2, -0.15) is 5.10 Å². The summed E-state index contributed by atoms with van der Waals surface area (Å²) in [6.45, 7) is 11.2. The molecule has 0 spiro atoms. The van der Waals surface area contributed by atoms with Crippen LogP contribution in [-0.2, 0) is 0 Å². The van der Waals surface area contributed by atoms with Gasteiger partial charge < -0.3 is 4.90 Å². The molecule has 0 aliphatic heterocycles. The number of aromatic nitrogens is 3. The van der Waals surface area contributed by atoms with Gasteiger partial charge in [0.05, 0.1) is 4.70 Å². The largest absolute Gasteiger partial charge is 0.302 e. The molecule has 1 aromatic carbocycles. The van der Waals surface area contributed by atoms with Crippen LogP contribution in [0.25, 0.3) is 10.2 Å². The molecular weight excluding hydrogens is 377 g/mol. The third-order valence-corrected chi connectivity index (χ3v) is 5.77. The van der Waals surface area contributed by atoms with Crippen LogP contribution in [0.2, 0.25) is 0 Å². The maximum absolute atomic E-state index is 14.1. The van der Waals surface area contributed by atoms with Crippen LogP contribution in [0.15, 0.2) is 30.5 Å². The molecule has 3 rings (SSSR count). The lowest BCUT2D eigenvalue weighted by Gasteiger charge is -2.24. The Kier molecular flexibility index (Phi) is 6.41. The lowest BCUT2D eigenvalue weighted by atomic mass is 10.3. The first-order valence-corrected chi connectivity index (χ1v) is 10.4. The summed E-state index contributed by atoms with van der Waals surface area (Å²) in [4.78, 5) is 21.5. The Bertz CT molecular complexity index is 947. The number of rotatable bonds is 8. The number of anilines is 1. The topological polar surface area (TPSA) is 54.3 Å².